The highest BCUT2D eigenvalue weighted by Crippen LogP contribution is 2.10. The first-order valence-electron chi connectivity index (χ1n) is 4.42. The van der Waals surface area contributed by atoms with Gasteiger partial charge in [-0.05, 0) is 12.8 Å². The van der Waals surface area contributed by atoms with Crippen LogP contribution in [0.1, 0.15) is 12.8 Å². The Hall–Kier alpha value is -0.160. The van der Waals surface area contributed by atoms with E-state index in [9.17, 15) is 0 Å². The van der Waals surface area contributed by atoms with Crippen LogP contribution in [0.15, 0.2) is 0 Å². The number of nitrogens with zero attached hydrogens (tertiary/aromatic N) is 1. The van der Waals surface area contributed by atoms with Crippen LogP contribution in [0.4, 0.5) is 0 Å². The van der Waals surface area contributed by atoms with E-state index < -0.39 is 0 Å². The van der Waals surface area contributed by atoms with Crippen molar-refractivity contribution >= 4 is 0 Å². The van der Waals surface area contributed by atoms with Gasteiger partial charge in [0.2, 0.25) is 0 Å². The molecule has 1 aliphatic rings. The molecular weight excluding hydrogens is 156 g/mol. The Balaban J connectivity index is 2.15. The Kier molecular flexibility index (Phi) is 4.53. The third-order valence-corrected chi connectivity index (χ3v) is 2.21. The highest BCUT2D eigenvalue weighted by molar-refractivity contribution is 4.70. The summed E-state index contributed by atoms with van der Waals surface area (Å²) in [6.45, 7) is 3.19. The van der Waals surface area contributed by atoms with Crippen LogP contribution in [0.2, 0.25) is 0 Å². The van der Waals surface area contributed by atoms with Gasteiger partial charge in [0.1, 0.15) is 0 Å². The fourth-order valence-corrected chi connectivity index (χ4v) is 1.40. The number of nitrogens with two attached hydrogens (primary N) is 1. The van der Waals surface area contributed by atoms with Gasteiger partial charge in [0.15, 0.2) is 0 Å². The van der Waals surface area contributed by atoms with E-state index in [-0.39, 0.29) is 0 Å². The lowest BCUT2D eigenvalue weighted by Gasteiger charge is -2.30. The highest BCUT2D eigenvalue weighted by atomic mass is 16.5. The molecule has 0 saturated carbocycles. The van der Waals surface area contributed by atoms with Crippen LogP contribution in [-0.2, 0) is 9.47 Å². The van der Waals surface area contributed by atoms with E-state index in [1.807, 2.05) is 5.01 Å². The first-order valence-corrected chi connectivity index (χ1v) is 4.42. The monoisotopic (exact) mass is 174 g/mol. The average molecular weight is 174 g/mol. The second-order valence-corrected chi connectivity index (χ2v) is 3.07. The molecule has 72 valence electrons. The molecule has 1 fully saturated rings. The summed E-state index contributed by atoms with van der Waals surface area (Å²) in [5.41, 5.74) is 0. The zero-order valence-corrected chi connectivity index (χ0v) is 7.66. The van der Waals surface area contributed by atoms with E-state index in [1.54, 1.807) is 7.11 Å². The summed E-state index contributed by atoms with van der Waals surface area (Å²) in [6, 6.07) is 0.480. The molecule has 0 atom stereocenters. The summed E-state index contributed by atoms with van der Waals surface area (Å²) in [4.78, 5) is 0. The van der Waals surface area contributed by atoms with Gasteiger partial charge in [0.05, 0.1) is 6.61 Å². The van der Waals surface area contributed by atoms with Crippen molar-refractivity contribution in [2.75, 3.05) is 33.5 Å². The van der Waals surface area contributed by atoms with Gasteiger partial charge in [-0.1, -0.05) is 0 Å². The van der Waals surface area contributed by atoms with E-state index in [2.05, 4.69) is 0 Å². The molecule has 0 spiro atoms. The van der Waals surface area contributed by atoms with Gasteiger partial charge in [-0.2, -0.15) is 0 Å². The smallest absolute Gasteiger partial charge is 0.0603 e. The van der Waals surface area contributed by atoms with Crippen molar-refractivity contribution in [3.8, 4) is 0 Å². The summed E-state index contributed by atoms with van der Waals surface area (Å²) < 4.78 is 10.2. The molecule has 1 saturated heterocycles. The largest absolute Gasteiger partial charge is 0.383 e. The third-order valence-electron chi connectivity index (χ3n) is 2.21. The van der Waals surface area contributed by atoms with Gasteiger partial charge >= 0.3 is 0 Å². The van der Waals surface area contributed by atoms with E-state index in [1.165, 1.54) is 0 Å². The second-order valence-electron chi connectivity index (χ2n) is 3.07. The standard InChI is InChI=1S/C8H18N2O2/c1-11-7-4-10(9)8-2-5-12-6-3-8/h8H,2-7,9H2,1H3. The van der Waals surface area contributed by atoms with Crippen LogP contribution in [-0.4, -0.2) is 44.5 Å². The molecule has 0 radical (unpaired) electrons. The first-order chi connectivity index (χ1) is 5.84. The predicted molar refractivity (Wildman–Crippen MR) is 46.6 cm³/mol. The molecule has 0 aromatic carbocycles. The highest BCUT2D eigenvalue weighted by Gasteiger charge is 2.18. The Labute approximate surface area is 73.6 Å². The number of hydrazine groups is 1. The zero-order valence-electron chi connectivity index (χ0n) is 7.66. The topological polar surface area (TPSA) is 47.7 Å². The summed E-state index contributed by atoms with van der Waals surface area (Å²) in [6.07, 6.45) is 2.08. The second kappa shape index (κ2) is 5.48. The minimum Gasteiger partial charge on any atom is -0.383 e. The third kappa shape index (κ3) is 3.06. The van der Waals surface area contributed by atoms with E-state index >= 15 is 0 Å². The number of hydrogen-bond donors (Lipinski definition) is 1. The van der Waals surface area contributed by atoms with Gasteiger partial charge in [-0.15, -0.1) is 0 Å². The fraction of sp³-hybridized carbons (Fsp3) is 1.00. The van der Waals surface area contributed by atoms with Gasteiger partial charge in [0.25, 0.3) is 0 Å². The maximum absolute atomic E-state index is 5.83. The van der Waals surface area contributed by atoms with Gasteiger partial charge in [0, 0.05) is 32.9 Å². The number of hydrogen-bond acceptors (Lipinski definition) is 4. The molecular formula is C8H18N2O2. The first kappa shape index (κ1) is 9.92. The fourth-order valence-electron chi connectivity index (χ4n) is 1.40. The number of ether oxygens (including phenoxy) is 2. The van der Waals surface area contributed by atoms with Crippen LogP contribution in [0.3, 0.4) is 0 Å². The van der Waals surface area contributed by atoms with Crippen molar-refractivity contribution < 1.29 is 9.47 Å². The quantitative estimate of drug-likeness (QED) is 0.481. The lowest BCUT2D eigenvalue weighted by atomic mass is 10.1. The van der Waals surface area contributed by atoms with Gasteiger partial charge in [-0.25, -0.2) is 5.01 Å². The maximum Gasteiger partial charge on any atom is 0.0603 e. The van der Waals surface area contributed by atoms with E-state index in [0.29, 0.717) is 12.6 Å². The van der Waals surface area contributed by atoms with Crippen molar-refractivity contribution in [3.05, 3.63) is 0 Å². The lowest BCUT2D eigenvalue weighted by molar-refractivity contribution is 0.0243. The molecule has 0 amide bonds. The van der Waals surface area contributed by atoms with Crippen LogP contribution in [0.5, 0.6) is 0 Å². The predicted octanol–water partition coefficient (Wildman–Crippen LogP) is -0.0125. The molecule has 0 aliphatic carbocycles. The van der Waals surface area contributed by atoms with Crippen LogP contribution < -0.4 is 5.84 Å². The van der Waals surface area contributed by atoms with Crippen molar-refractivity contribution in [2.45, 2.75) is 18.9 Å². The Bertz CT molecular complexity index is 116. The maximum atomic E-state index is 5.83. The zero-order chi connectivity index (χ0) is 8.81. The molecule has 0 aromatic heterocycles. The molecule has 1 aliphatic heterocycles. The Morgan fingerprint density at radius 2 is 2.17 bits per heavy atom. The summed E-state index contributed by atoms with van der Waals surface area (Å²) >= 11 is 0. The van der Waals surface area contributed by atoms with Crippen LogP contribution >= 0.6 is 0 Å². The molecule has 2 N–H and O–H groups in total. The molecule has 0 aromatic rings. The minimum absolute atomic E-state index is 0.480. The summed E-state index contributed by atoms with van der Waals surface area (Å²) in [5.74, 6) is 5.83. The molecule has 4 nitrogen and oxygen atoms in total. The summed E-state index contributed by atoms with van der Waals surface area (Å²) in [7, 11) is 1.69. The molecule has 0 unspecified atom stereocenters. The van der Waals surface area contributed by atoms with E-state index in [4.69, 9.17) is 15.3 Å². The van der Waals surface area contributed by atoms with Crippen LogP contribution in [0, 0.1) is 0 Å². The molecule has 0 bridgehead atoms. The minimum atomic E-state index is 0.480. The van der Waals surface area contributed by atoms with Crippen molar-refractivity contribution in [1.29, 1.82) is 0 Å². The van der Waals surface area contributed by atoms with Crippen molar-refractivity contribution in [2.24, 2.45) is 5.84 Å². The summed E-state index contributed by atoms with van der Waals surface area (Å²) in [5, 5.41) is 1.87. The lowest BCUT2D eigenvalue weighted by Crippen LogP contribution is -2.45. The van der Waals surface area contributed by atoms with Gasteiger partial charge < -0.3 is 9.47 Å². The molecule has 1 heterocycles. The van der Waals surface area contributed by atoms with Crippen LogP contribution in [0.25, 0.3) is 0 Å². The van der Waals surface area contributed by atoms with E-state index in [0.717, 1.165) is 32.6 Å². The molecule has 12 heavy (non-hydrogen) atoms. The van der Waals surface area contributed by atoms with Gasteiger partial charge in [-0.3, -0.25) is 5.84 Å². The normalized spacial score (nSPS) is 20.2. The number of methoxy groups -OCH3 is 1. The Morgan fingerprint density at radius 3 is 2.75 bits per heavy atom. The van der Waals surface area contributed by atoms with Crippen molar-refractivity contribution in [3.63, 3.8) is 0 Å². The molecule has 4 heteroatoms. The Morgan fingerprint density at radius 1 is 1.50 bits per heavy atom. The van der Waals surface area contributed by atoms with Crippen molar-refractivity contribution in [1.82, 2.24) is 5.01 Å². The average Bonchev–Trinajstić information content (AvgIpc) is 2.15. The molecule has 1 rings (SSSR count). The SMILES string of the molecule is COCCN(N)C1CCOCC1. The number of rotatable bonds is 4.